The fourth-order valence-corrected chi connectivity index (χ4v) is 2.82. The molecule has 2 atom stereocenters. The molecule has 0 spiro atoms. The summed E-state index contributed by atoms with van der Waals surface area (Å²) in [5.74, 6) is -1.70. The number of hydrogen-bond donors (Lipinski definition) is 1. The van der Waals surface area contributed by atoms with Gasteiger partial charge in [-0.1, -0.05) is 23.7 Å². The van der Waals surface area contributed by atoms with E-state index in [-0.39, 0.29) is 31.5 Å². The number of likely N-dealkylation sites (tertiary alicyclic amines) is 1. The van der Waals surface area contributed by atoms with E-state index in [4.69, 9.17) is 11.6 Å². The molecule has 1 aliphatic rings. The van der Waals surface area contributed by atoms with Crippen molar-refractivity contribution in [2.24, 2.45) is 5.92 Å². The second kappa shape index (κ2) is 7.53. The maximum atomic E-state index is 12.8. The summed E-state index contributed by atoms with van der Waals surface area (Å²) in [5.41, 5.74) is 0.967. The number of rotatable bonds is 4. The largest absolute Gasteiger partial charge is 0.393 e. The van der Waals surface area contributed by atoms with Crippen molar-refractivity contribution in [3.8, 4) is 0 Å². The SMILES string of the molecule is CC(NCC(=O)N1CCCC(C(F)(F)F)C1)c1ccc(Cl)cc1. The molecule has 1 amide bonds. The number of carbonyl (C=O) groups is 1. The zero-order valence-electron chi connectivity index (χ0n) is 12.9. The summed E-state index contributed by atoms with van der Waals surface area (Å²) >= 11 is 5.82. The van der Waals surface area contributed by atoms with E-state index >= 15 is 0 Å². The Balaban J connectivity index is 1.85. The first-order valence-corrected chi connectivity index (χ1v) is 7.98. The molecule has 0 radical (unpaired) electrons. The molecule has 1 N–H and O–H groups in total. The van der Waals surface area contributed by atoms with Crippen molar-refractivity contribution in [2.75, 3.05) is 19.6 Å². The molecule has 1 aromatic carbocycles. The number of benzene rings is 1. The lowest BCUT2D eigenvalue weighted by Crippen LogP contribution is -2.47. The third-order valence-electron chi connectivity index (χ3n) is 4.17. The summed E-state index contributed by atoms with van der Waals surface area (Å²) in [4.78, 5) is 13.4. The highest BCUT2D eigenvalue weighted by atomic mass is 35.5. The molecular formula is C16H20ClF3N2O. The number of nitrogens with one attached hydrogen (secondary N) is 1. The second-order valence-corrected chi connectivity index (χ2v) is 6.31. The molecule has 0 aliphatic carbocycles. The molecule has 1 aliphatic heterocycles. The van der Waals surface area contributed by atoms with Crippen molar-refractivity contribution < 1.29 is 18.0 Å². The van der Waals surface area contributed by atoms with Crippen LogP contribution in [0.5, 0.6) is 0 Å². The predicted molar refractivity (Wildman–Crippen MR) is 83.2 cm³/mol. The van der Waals surface area contributed by atoms with Crippen LogP contribution in [0.25, 0.3) is 0 Å². The molecule has 1 heterocycles. The Kier molecular flexibility index (Phi) is 5.92. The minimum Gasteiger partial charge on any atom is -0.341 e. The van der Waals surface area contributed by atoms with Gasteiger partial charge in [-0.05, 0) is 37.5 Å². The van der Waals surface area contributed by atoms with Gasteiger partial charge < -0.3 is 10.2 Å². The van der Waals surface area contributed by atoms with Crippen LogP contribution in [-0.2, 0) is 4.79 Å². The minimum absolute atomic E-state index is 0.0222. The summed E-state index contributed by atoms with van der Waals surface area (Å²) in [6.07, 6.45) is -3.74. The average molecular weight is 349 g/mol. The molecule has 1 saturated heterocycles. The number of piperidine rings is 1. The van der Waals surface area contributed by atoms with Gasteiger partial charge in [0.25, 0.3) is 0 Å². The first kappa shape index (κ1) is 18.1. The van der Waals surface area contributed by atoms with Crippen molar-refractivity contribution in [3.63, 3.8) is 0 Å². The molecule has 128 valence electrons. The monoisotopic (exact) mass is 348 g/mol. The average Bonchev–Trinajstić information content (AvgIpc) is 2.52. The maximum absolute atomic E-state index is 12.8. The Morgan fingerprint density at radius 3 is 2.65 bits per heavy atom. The molecule has 2 unspecified atom stereocenters. The number of halogens is 4. The Labute approximate surface area is 138 Å². The highest BCUT2D eigenvalue weighted by Gasteiger charge is 2.42. The zero-order chi connectivity index (χ0) is 17.0. The number of alkyl halides is 3. The lowest BCUT2D eigenvalue weighted by Gasteiger charge is -2.34. The van der Waals surface area contributed by atoms with Crippen LogP contribution in [0.15, 0.2) is 24.3 Å². The van der Waals surface area contributed by atoms with Gasteiger partial charge >= 0.3 is 6.18 Å². The van der Waals surface area contributed by atoms with Crippen LogP contribution in [0.2, 0.25) is 5.02 Å². The Morgan fingerprint density at radius 2 is 2.04 bits per heavy atom. The summed E-state index contributed by atoms with van der Waals surface area (Å²) in [7, 11) is 0. The van der Waals surface area contributed by atoms with Crippen molar-refractivity contribution in [2.45, 2.75) is 32.0 Å². The predicted octanol–water partition coefficient (Wildman–Crippen LogP) is 3.79. The second-order valence-electron chi connectivity index (χ2n) is 5.87. The number of amides is 1. The third-order valence-corrected chi connectivity index (χ3v) is 4.42. The van der Waals surface area contributed by atoms with E-state index in [0.717, 1.165) is 5.56 Å². The molecule has 23 heavy (non-hydrogen) atoms. The van der Waals surface area contributed by atoms with Crippen LogP contribution in [0.3, 0.4) is 0 Å². The number of hydrogen-bond acceptors (Lipinski definition) is 2. The molecule has 1 aromatic rings. The van der Waals surface area contributed by atoms with Gasteiger partial charge in [0.2, 0.25) is 5.91 Å². The fourth-order valence-electron chi connectivity index (χ4n) is 2.69. The highest BCUT2D eigenvalue weighted by Crippen LogP contribution is 2.33. The highest BCUT2D eigenvalue weighted by molar-refractivity contribution is 6.30. The van der Waals surface area contributed by atoms with Crippen LogP contribution in [0.4, 0.5) is 13.2 Å². The summed E-state index contributed by atoms with van der Waals surface area (Å²) in [5, 5.41) is 3.68. The van der Waals surface area contributed by atoms with Crippen LogP contribution < -0.4 is 5.32 Å². The topological polar surface area (TPSA) is 32.3 Å². The summed E-state index contributed by atoms with van der Waals surface area (Å²) < 4.78 is 38.3. The summed E-state index contributed by atoms with van der Waals surface area (Å²) in [6, 6.07) is 7.14. The molecule has 3 nitrogen and oxygen atoms in total. The normalized spacial score (nSPS) is 20.4. The Hall–Kier alpha value is -1.27. The first-order valence-electron chi connectivity index (χ1n) is 7.60. The van der Waals surface area contributed by atoms with Crippen LogP contribution in [-0.4, -0.2) is 36.6 Å². The molecule has 7 heteroatoms. The van der Waals surface area contributed by atoms with Crippen LogP contribution in [0.1, 0.15) is 31.4 Å². The van der Waals surface area contributed by atoms with Crippen molar-refractivity contribution in [1.29, 1.82) is 0 Å². The Morgan fingerprint density at radius 1 is 1.39 bits per heavy atom. The van der Waals surface area contributed by atoms with Crippen LogP contribution >= 0.6 is 11.6 Å². The van der Waals surface area contributed by atoms with E-state index < -0.39 is 12.1 Å². The summed E-state index contributed by atoms with van der Waals surface area (Å²) in [6.45, 7) is 2.07. The third kappa shape index (κ3) is 5.11. The molecule has 0 bridgehead atoms. The lowest BCUT2D eigenvalue weighted by molar-refractivity contribution is -0.187. The van der Waals surface area contributed by atoms with Gasteiger partial charge in [-0.3, -0.25) is 4.79 Å². The van der Waals surface area contributed by atoms with E-state index in [9.17, 15) is 18.0 Å². The van der Waals surface area contributed by atoms with Gasteiger partial charge in [-0.25, -0.2) is 0 Å². The zero-order valence-corrected chi connectivity index (χ0v) is 13.6. The number of nitrogens with zero attached hydrogens (tertiary/aromatic N) is 1. The molecular weight excluding hydrogens is 329 g/mol. The number of carbonyl (C=O) groups excluding carboxylic acids is 1. The quantitative estimate of drug-likeness (QED) is 0.897. The van der Waals surface area contributed by atoms with Gasteiger partial charge in [-0.15, -0.1) is 0 Å². The maximum Gasteiger partial charge on any atom is 0.393 e. The molecule has 1 fully saturated rings. The smallest absolute Gasteiger partial charge is 0.341 e. The van der Waals surface area contributed by atoms with Gasteiger partial charge in [0.05, 0.1) is 12.5 Å². The van der Waals surface area contributed by atoms with Gasteiger partial charge in [0.1, 0.15) is 0 Å². The van der Waals surface area contributed by atoms with Gasteiger partial charge in [-0.2, -0.15) is 13.2 Å². The van der Waals surface area contributed by atoms with E-state index in [1.54, 1.807) is 12.1 Å². The van der Waals surface area contributed by atoms with Gasteiger partial charge in [0, 0.05) is 24.2 Å². The first-order chi connectivity index (χ1) is 10.8. The molecule has 2 rings (SSSR count). The van der Waals surface area contributed by atoms with E-state index in [1.807, 2.05) is 19.1 Å². The standard InChI is InChI=1S/C16H20ClF3N2O/c1-11(12-4-6-14(17)7-5-12)21-9-15(23)22-8-2-3-13(10-22)16(18,19)20/h4-7,11,13,21H,2-3,8-10H2,1H3. The fraction of sp³-hybridized carbons (Fsp3) is 0.562. The lowest BCUT2D eigenvalue weighted by atomic mass is 9.97. The van der Waals surface area contributed by atoms with E-state index in [2.05, 4.69) is 5.32 Å². The van der Waals surface area contributed by atoms with Gasteiger partial charge in [0.15, 0.2) is 0 Å². The minimum atomic E-state index is -4.23. The van der Waals surface area contributed by atoms with Crippen LogP contribution in [0, 0.1) is 5.92 Å². The van der Waals surface area contributed by atoms with E-state index in [0.29, 0.717) is 18.0 Å². The Bertz CT molecular complexity index is 533. The molecule has 0 saturated carbocycles. The van der Waals surface area contributed by atoms with Crippen molar-refractivity contribution >= 4 is 17.5 Å². The van der Waals surface area contributed by atoms with Crippen molar-refractivity contribution in [3.05, 3.63) is 34.9 Å². The molecule has 0 aromatic heterocycles. The van der Waals surface area contributed by atoms with E-state index in [1.165, 1.54) is 4.90 Å². The van der Waals surface area contributed by atoms with Crippen molar-refractivity contribution in [1.82, 2.24) is 10.2 Å².